The Morgan fingerprint density at radius 1 is 0.459 bits per heavy atom. The highest BCUT2D eigenvalue weighted by Crippen LogP contribution is 2.21. The molecular weight excluding hydrogens is 452 g/mol. The Morgan fingerprint density at radius 3 is 1.27 bits per heavy atom. The molecule has 0 radical (unpaired) electrons. The molecule has 0 aliphatic carbocycles. The molecule has 37 heavy (non-hydrogen) atoms. The molecule has 0 aliphatic heterocycles. The van der Waals surface area contributed by atoms with E-state index >= 15 is 0 Å². The molecule has 0 atom stereocenters. The third-order valence-electron chi connectivity index (χ3n) is 7.55. The molecule has 0 N–H and O–H groups in total. The summed E-state index contributed by atoms with van der Waals surface area (Å²) >= 11 is 0. The third-order valence-corrected chi connectivity index (χ3v) is 7.55. The molecule has 4 nitrogen and oxygen atoms in total. The van der Waals surface area contributed by atoms with Crippen LogP contribution in [0.1, 0.15) is 30.9 Å². The molecule has 0 saturated heterocycles. The molecule has 6 aromatic rings. The smallest absolute Gasteiger partial charge is 0.227 e. The fourth-order valence-electron chi connectivity index (χ4n) is 5.79. The van der Waals surface area contributed by atoms with E-state index in [-0.39, 0.29) is 0 Å². The van der Waals surface area contributed by atoms with Gasteiger partial charge in [0.05, 0.1) is 13.1 Å². The first-order valence-electron chi connectivity index (χ1n) is 13.3. The van der Waals surface area contributed by atoms with Crippen LogP contribution in [0.4, 0.5) is 0 Å². The van der Waals surface area contributed by atoms with E-state index < -0.39 is 0 Å². The lowest BCUT2D eigenvalue weighted by molar-refractivity contribution is -0.682. The van der Waals surface area contributed by atoms with Crippen molar-refractivity contribution >= 4 is 22.1 Å². The van der Waals surface area contributed by atoms with Crippen LogP contribution in [0.5, 0.6) is 0 Å². The van der Waals surface area contributed by atoms with Crippen LogP contribution < -0.4 is 9.13 Å². The number of unbranched alkanes of at least 4 members (excludes halogenated alkanes) is 2. The topological polar surface area (TPSA) is 17.6 Å². The molecule has 0 spiro atoms. The molecule has 0 aliphatic rings. The van der Waals surface area contributed by atoms with Crippen LogP contribution in [0.15, 0.2) is 109 Å². The summed E-state index contributed by atoms with van der Waals surface area (Å²) in [5.41, 5.74) is 7.59. The van der Waals surface area contributed by atoms with Crippen molar-refractivity contribution in [2.24, 2.45) is 0 Å². The predicted molar refractivity (Wildman–Crippen MR) is 150 cm³/mol. The van der Waals surface area contributed by atoms with Crippen molar-refractivity contribution in [3.8, 4) is 11.4 Å². The Bertz CT molecular complexity index is 1530. The average Bonchev–Trinajstić information content (AvgIpc) is 3.39. The van der Waals surface area contributed by atoms with E-state index in [2.05, 4.69) is 141 Å². The Kier molecular flexibility index (Phi) is 6.32. The zero-order valence-electron chi connectivity index (χ0n) is 21.7. The van der Waals surface area contributed by atoms with Gasteiger partial charge in [-0.05, 0) is 67.8 Å². The summed E-state index contributed by atoms with van der Waals surface area (Å²) in [7, 11) is 0. The van der Waals surface area contributed by atoms with Crippen LogP contribution in [-0.4, -0.2) is 9.13 Å². The maximum atomic E-state index is 2.49. The molecule has 0 amide bonds. The lowest BCUT2D eigenvalue weighted by Crippen LogP contribution is -2.37. The molecule has 0 bridgehead atoms. The second-order valence-corrected chi connectivity index (χ2v) is 9.78. The van der Waals surface area contributed by atoms with E-state index in [1.807, 2.05) is 0 Å². The van der Waals surface area contributed by atoms with Crippen LogP contribution in [0.3, 0.4) is 0 Å². The van der Waals surface area contributed by atoms with Crippen molar-refractivity contribution in [2.45, 2.75) is 46.2 Å². The van der Waals surface area contributed by atoms with Crippen LogP contribution in [0.25, 0.3) is 33.4 Å². The van der Waals surface area contributed by atoms with Gasteiger partial charge in [0.1, 0.15) is 11.4 Å². The SMILES string of the molecule is Cc1n(-c2ccccc2)c2ccccc2[n+]1CCCCC[n+]1c(C)n(-c2ccccc2)c2ccccc21. The number of fused-ring (bicyclic) bond motifs is 2. The summed E-state index contributed by atoms with van der Waals surface area (Å²) in [5.74, 6) is 2.56. The number of rotatable bonds is 8. The second-order valence-electron chi connectivity index (χ2n) is 9.78. The summed E-state index contributed by atoms with van der Waals surface area (Å²) in [5, 5.41) is 0. The van der Waals surface area contributed by atoms with Crippen molar-refractivity contribution in [2.75, 3.05) is 0 Å². The van der Waals surface area contributed by atoms with E-state index in [1.54, 1.807) is 0 Å². The van der Waals surface area contributed by atoms with Crippen molar-refractivity contribution in [1.29, 1.82) is 0 Å². The van der Waals surface area contributed by atoms with Gasteiger partial charge in [0, 0.05) is 13.8 Å². The van der Waals surface area contributed by atoms with Gasteiger partial charge in [0.15, 0.2) is 22.1 Å². The Balaban J connectivity index is 1.20. The molecular formula is C33H34N4+2. The number of imidazole rings is 2. The van der Waals surface area contributed by atoms with Crippen molar-refractivity contribution in [3.05, 3.63) is 121 Å². The van der Waals surface area contributed by atoms with Crippen LogP contribution in [0.2, 0.25) is 0 Å². The Hall–Kier alpha value is -4.18. The summed E-state index contributed by atoms with van der Waals surface area (Å²) < 4.78 is 9.74. The normalized spacial score (nSPS) is 11.5. The minimum absolute atomic E-state index is 1.03. The first-order chi connectivity index (χ1) is 18.2. The van der Waals surface area contributed by atoms with Gasteiger partial charge in [0.25, 0.3) is 11.6 Å². The summed E-state index contributed by atoms with van der Waals surface area (Å²) in [6.45, 7) is 6.54. The first kappa shape index (κ1) is 23.2. The minimum Gasteiger partial charge on any atom is -0.227 e. The molecule has 2 aromatic heterocycles. The molecule has 184 valence electrons. The van der Waals surface area contributed by atoms with Gasteiger partial charge in [-0.3, -0.25) is 0 Å². The van der Waals surface area contributed by atoms with Gasteiger partial charge in [0.2, 0.25) is 0 Å². The molecule has 0 unspecified atom stereocenters. The second kappa shape index (κ2) is 10.1. The number of nitrogens with zero attached hydrogens (tertiary/aromatic N) is 4. The first-order valence-corrected chi connectivity index (χ1v) is 13.3. The van der Waals surface area contributed by atoms with Crippen LogP contribution >= 0.6 is 0 Å². The van der Waals surface area contributed by atoms with E-state index in [0.717, 1.165) is 25.9 Å². The lowest BCUT2D eigenvalue weighted by Gasteiger charge is -2.04. The minimum atomic E-state index is 1.03. The Morgan fingerprint density at radius 2 is 0.838 bits per heavy atom. The molecule has 4 aromatic carbocycles. The quantitative estimate of drug-likeness (QED) is 0.170. The summed E-state index contributed by atoms with van der Waals surface area (Å²) in [6.07, 6.45) is 3.51. The van der Waals surface area contributed by atoms with Gasteiger partial charge in [-0.25, -0.2) is 9.13 Å². The van der Waals surface area contributed by atoms with Crippen molar-refractivity contribution in [1.82, 2.24) is 9.13 Å². The fraction of sp³-hybridized carbons (Fsp3) is 0.212. The van der Waals surface area contributed by atoms with Gasteiger partial charge in [-0.1, -0.05) is 60.7 Å². The van der Waals surface area contributed by atoms with Gasteiger partial charge in [-0.15, -0.1) is 0 Å². The number of aromatic nitrogens is 4. The molecule has 0 saturated carbocycles. The van der Waals surface area contributed by atoms with E-state index in [0.29, 0.717) is 0 Å². The maximum Gasteiger partial charge on any atom is 0.259 e. The van der Waals surface area contributed by atoms with E-state index in [4.69, 9.17) is 0 Å². The van der Waals surface area contributed by atoms with Crippen molar-refractivity contribution in [3.63, 3.8) is 0 Å². The number of aryl methyl sites for hydroxylation is 2. The lowest BCUT2D eigenvalue weighted by atomic mass is 10.2. The summed E-state index contributed by atoms with van der Waals surface area (Å²) in [4.78, 5) is 0. The number of hydrogen-bond acceptors (Lipinski definition) is 0. The monoisotopic (exact) mass is 486 g/mol. The summed E-state index contributed by atoms with van der Waals surface area (Å²) in [6, 6.07) is 38.9. The predicted octanol–water partition coefficient (Wildman–Crippen LogP) is 6.64. The van der Waals surface area contributed by atoms with Gasteiger partial charge < -0.3 is 0 Å². The molecule has 4 heteroatoms. The zero-order valence-corrected chi connectivity index (χ0v) is 21.7. The maximum absolute atomic E-state index is 2.49. The van der Waals surface area contributed by atoms with E-state index in [9.17, 15) is 0 Å². The third kappa shape index (κ3) is 4.23. The van der Waals surface area contributed by atoms with Crippen molar-refractivity contribution < 1.29 is 9.13 Å². The van der Waals surface area contributed by atoms with Crippen LogP contribution in [0, 0.1) is 13.8 Å². The highest BCUT2D eigenvalue weighted by Gasteiger charge is 2.24. The van der Waals surface area contributed by atoms with Crippen LogP contribution in [-0.2, 0) is 13.1 Å². The molecule has 0 fully saturated rings. The number of hydrogen-bond donors (Lipinski definition) is 0. The van der Waals surface area contributed by atoms with Gasteiger partial charge in [-0.2, -0.15) is 9.13 Å². The highest BCUT2D eigenvalue weighted by atomic mass is 15.2. The highest BCUT2D eigenvalue weighted by molar-refractivity contribution is 5.75. The fourth-order valence-corrected chi connectivity index (χ4v) is 5.79. The van der Waals surface area contributed by atoms with Gasteiger partial charge >= 0.3 is 0 Å². The largest absolute Gasteiger partial charge is 0.259 e. The zero-order chi connectivity index (χ0) is 25.2. The molecule has 6 rings (SSSR count). The molecule has 2 heterocycles. The number of para-hydroxylation sites is 6. The standard InChI is InChI=1S/C33H34N4/c1-26-34(30-20-10-12-22-32(30)36(26)28-16-6-3-7-17-28)24-14-5-15-25-35-27(2)37(29-18-8-4-9-19-29)33-23-13-11-21-31(33)35/h3-4,6-13,16-23H,5,14-15,24-25H2,1-2H3/q+2. The van der Waals surface area contributed by atoms with E-state index in [1.165, 1.54) is 51.5 Å². The Labute approximate surface area is 218 Å². The number of benzene rings is 4. The average molecular weight is 487 g/mol.